The predicted molar refractivity (Wildman–Crippen MR) is 124 cm³/mol. The zero-order valence-corrected chi connectivity index (χ0v) is 18.9. The highest BCUT2D eigenvalue weighted by Crippen LogP contribution is 2.25. The predicted octanol–water partition coefficient (Wildman–Crippen LogP) is 4.29. The molecule has 1 amide bonds. The lowest BCUT2D eigenvalue weighted by Crippen LogP contribution is -2.24. The number of amides is 1. The molecule has 9 heteroatoms. The van der Waals surface area contributed by atoms with E-state index in [0.29, 0.717) is 39.9 Å². The average molecular weight is 455 g/mol. The number of fused-ring (bicyclic) bond motifs is 1. The number of nitrogens with one attached hydrogen (secondary N) is 1. The maximum Gasteiger partial charge on any atom is 0.262 e. The molecule has 1 N–H and O–H groups in total. The zero-order valence-electron chi connectivity index (χ0n) is 17.3. The van der Waals surface area contributed by atoms with Gasteiger partial charge in [-0.2, -0.15) is 0 Å². The fourth-order valence-electron chi connectivity index (χ4n) is 3.15. The lowest BCUT2D eigenvalue weighted by molar-refractivity contribution is -0.113. The highest BCUT2D eigenvalue weighted by molar-refractivity contribution is 7.99. The molecule has 1 aromatic carbocycles. The number of anilines is 1. The van der Waals surface area contributed by atoms with Crippen LogP contribution in [0.25, 0.3) is 10.2 Å². The Morgan fingerprint density at radius 1 is 1.26 bits per heavy atom. The van der Waals surface area contributed by atoms with Crippen molar-refractivity contribution in [3.63, 3.8) is 0 Å². The summed E-state index contributed by atoms with van der Waals surface area (Å²) in [5, 5.41) is 7.66. The van der Waals surface area contributed by atoms with Gasteiger partial charge in [-0.3, -0.25) is 14.2 Å². The Bertz CT molecular complexity index is 1260. The first-order chi connectivity index (χ1) is 15.0. The Kier molecular flexibility index (Phi) is 6.53. The Morgan fingerprint density at radius 2 is 2.06 bits per heavy atom. The monoisotopic (exact) mass is 454 g/mol. The summed E-state index contributed by atoms with van der Waals surface area (Å²) in [6.07, 6.45) is 1.56. The zero-order chi connectivity index (χ0) is 21.8. The summed E-state index contributed by atoms with van der Waals surface area (Å²) >= 11 is 2.78. The highest BCUT2D eigenvalue weighted by atomic mass is 32.2. The molecule has 4 rings (SSSR count). The van der Waals surface area contributed by atoms with Gasteiger partial charge in [-0.05, 0) is 31.4 Å². The molecule has 3 heterocycles. The first-order valence-corrected chi connectivity index (χ1v) is 11.8. The van der Waals surface area contributed by atoms with Crippen molar-refractivity contribution < 1.29 is 9.32 Å². The van der Waals surface area contributed by atoms with Crippen molar-refractivity contribution >= 4 is 45.0 Å². The number of hydrogen-bond acceptors (Lipinski definition) is 7. The van der Waals surface area contributed by atoms with Gasteiger partial charge in [0.1, 0.15) is 10.6 Å². The summed E-state index contributed by atoms with van der Waals surface area (Å²) in [7, 11) is 0. The second-order valence-corrected chi connectivity index (χ2v) is 9.09. The molecule has 0 unspecified atom stereocenters. The van der Waals surface area contributed by atoms with E-state index in [1.165, 1.54) is 23.1 Å². The molecule has 0 saturated carbocycles. The smallest absolute Gasteiger partial charge is 0.262 e. The number of aromatic nitrogens is 3. The van der Waals surface area contributed by atoms with Crippen LogP contribution in [-0.2, 0) is 24.2 Å². The molecule has 0 fully saturated rings. The van der Waals surface area contributed by atoms with Crippen molar-refractivity contribution in [2.75, 3.05) is 11.1 Å². The molecule has 3 aromatic heterocycles. The number of benzene rings is 1. The molecule has 0 spiro atoms. The fourth-order valence-corrected chi connectivity index (χ4v) is 4.98. The molecule has 0 saturated heterocycles. The topological polar surface area (TPSA) is 90.0 Å². The van der Waals surface area contributed by atoms with Gasteiger partial charge in [-0.15, -0.1) is 11.3 Å². The van der Waals surface area contributed by atoms with Crippen molar-refractivity contribution in [3.05, 3.63) is 69.0 Å². The van der Waals surface area contributed by atoms with Crippen molar-refractivity contribution in [2.24, 2.45) is 0 Å². The number of nitrogens with zero attached hydrogens (tertiary/aromatic N) is 3. The van der Waals surface area contributed by atoms with Crippen LogP contribution in [-0.4, -0.2) is 26.4 Å². The first-order valence-electron chi connectivity index (χ1n) is 9.96. The third-order valence-electron chi connectivity index (χ3n) is 4.71. The molecule has 0 radical (unpaired) electrons. The van der Waals surface area contributed by atoms with Crippen LogP contribution < -0.4 is 10.9 Å². The van der Waals surface area contributed by atoms with E-state index in [1.54, 1.807) is 17.6 Å². The highest BCUT2D eigenvalue weighted by Gasteiger charge is 2.16. The lowest BCUT2D eigenvalue weighted by atomic mass is 10.1. The molecule has 0 atom stereocenters. The van der Waals surface area contributed by atoms with Crippen LogP contribution in [0.5, 0.6) is 0 Å². The van der Waals surface area contributed by atoms with Crippen LogP contribution in [0.15, 0.2) is 56.9 Å². The molecule has 0 aliphatic heterocycles. The van der Waals surface area contributed by atoms with E-state index >= 15 is 0 Å². The van der Waals surface area contributed by atoms with E-state index in [2.05, 4.69) is 17.4 Å². The number of hydrogen-bond donors (Lipinski definition) is 1. The number of thioether (sulfide) groups is 1. The molecule has 0 bridgehead atoms. The summed E-state index contributed by atoms with van der Waals surface area (Å²) in [4.78, 5) is 32.2. The summed E-state index contributed by atoms with van der Waals surface area (Å²) in [5.74, 6) is 0.872. The van der Waals surface area contributed by atoms with Crippen LogP contribution in [0.4, 0.5) is 5.82 Å². The van der Waals surface area contributed by atoms with Gasteiger partial charge in [0.15, 0.2) is 11.0 Å². The van der Waals surface area contributed by atoms with Crippen LogP contribution in [0.2, 0.25) is 0 Å². The fraction of sp³-hybridized carbons (Fsp3) is 0.273. The lowest BCUT2D eigenvalue weighted by Gasteiger charge is -2.12. The molecule has 160 valence electrons. The number of aryl methyl sites for hydroxylation is 3. The summed E-state index contributed by atoms with van der Waals surface area (Å²) in [5.41, 5.74) is 1.08. The number of thiophene rings is 1. The van der Waals surface area contributed by atoms with Gasteiger partial charge in [0.25, 0.3) is 5.56 Å². The quantitative estimate of drug-likeness (QED) is 0.316. The average Bonchev–Trinajstić information content (AvgIpc) is 3.38. The maximum absolute atomic E-state index is 13.2. The van der Waals surface area contributed by atoms with E-state index in [4.69, 9.17) is 9.51 Å². The van der Waals surface area contributed by atoms with Crippen LogP contribution in [0.1, 0.15) is 23.1 Å². The Hall–Kier alpha value is -2.91. The standard InChI is InChI=1S/C22H22N4O3S2/c1-3-16-12-17-20(31-16)24-22(30-13-19(27)23-18-11-14(2)29-25-18)26(21(17)28)10-9-15-7-5-4-6-8-15/h4-8,11-12H,3,9-10,13H2,1-2H3,(H,23,25,27). The Labute approximate surface area is 187 Å². The van der Waals surface area contributed by atoms with Gasteiger partial charge in [0.2, 0.25) is 5.91 Å². The summed E-state index contributed by atoms with van der Waals surface area (Å²) in [6.45, 7) is 4.31. The van der Waals surface area contributed by atoms with E-state index in [9.17, 15) is 9.59 Å². The molecule has 31 heavy (non-hydrogen) atoms. The van der Waals surface area contributed by atoms with E-state index < -0.39 is 0 Å². The van der Waals surface area contributed by atoms with Gasteiger partial charge in [0.05, 0.1) is 11.1 Å². The van der Waals surface area contributed by atoms with Gasteiger partial charge < -0.3 is 9.84 Å². The van der Waals surface area contributed by atoms with Crippen LogP contribution >= 0.6 is 23.1 Å². The third kappa shape index (κ3) is 5.05. The van der Waals surface area contributed by atoms with Crippen molar-refractivity contribution in [1.29, 1.82) is 0 Å². The minimum atomic E-state index is -0.234. The second-order valence-electron chi connectivity index (χ2n) is 7.03. The number of rotatable bonds is 8. The first kappa shape index (κ1) is 21.3. The SMILES string of the molecule is CCc1cc2c(=O)n(CCc3ccccc3)c(SCC(=O)Nc3cc(C)on3)nc2s1. The molecule has 0 aliphatic rings. The van der Waals surface area contributed by atoms with Crippen molar-refractivity contribution in [2.45, 2.75) is 38.4 Å². The minimum Gasteiger partial charge on any atom is -0.360 e. The van der Waals surface area contributed by atoms with E-state index in [-0.39, 0.29) is 17.2 Å². The normalized spacial score (nSPS) is 11.2. The van der Waals surface area contributed by atoms with Crippen molar-refractivity contribution in [1.82, 2.24) is 14.7 Å². The minimum absolute atomic E-state index is 0.0630. The Morgan fingerprint density at radius 3 is 2.77 bits per heavy atom. The molecule has 0 aliphatic carbocycles. The van der Waals surface area contributed by atoms with Crippen LogP contribution in [0.3, 0.4) is 0 Å². The third-order valence-corrected chi connectivity index (χ3v) is 6.86. The van der Waals surface area contributed by atoms with Gasteiger partial charge in [-0.25, -0.2) is 4.98 Å². The maximum atomic E-state index is 13.2. The summed E-state index contributed by atoms with van der Waals surface area (Å²) < 4.78 is 6.65. The van der Waals surface area contributed by atoms with Gasteiger partial charge >= 0.3 is 0 Å². The van der Waals surface area contributed by atoms with E-state index in [0.717, 1.165) is 16.9 Å². The van der Waals surface area contributed by atoms with Gasteiger partial charge in [-0.1, -0.05) is 54.2 Å². The van der Waals surface area contributed by atoms with Gasteiger partial charge in [0, 0.05) is 17.5 Å². The number of carbonyl (C=O) groups excluding carboxylic acids is 1. The second kappa shape index (κ2) is 9.49. The van der Waals surface area contributed by atoms with Crippen LogP contribution in [0, 0.1) is 6.92 Å². The molecule has 7 nitrogen and oxygen atoms in total. The van der Waals surface area contributed by atoms with E-state index in [1.807, 2.05) is 36.4 Å². The molecular formula is C22H22N4O3S2. The van der Waals surface area contributed by atoms with Crippen molar-refractivity contribution in [3.8, 4) is 0 Å². The Balaban J connectivity index is 1.58. The molecular weight excluding hydrogens is 432 g/mol. The molecule has 4 aromatic rings. The number of carbonyl (C=O) groups is 1. The largest absolute Gasteiger partial charge is 0.360 e. The summed E-state index contributed by atoms with van der Waals surface area (Å²) in [6, 6.07) is 13.6.